The first-order valence-corrected chi connectivity index (χ1v) is 11.0. The third-order valence-electron chi connectivity index (χ3n) is 5.57. The summed E-state index contributed by atoms with van der Waals surface area (Å²) in [5.41, 5.74) is 1.40. The van der Waals surface area contributed by atoms with Crippen molar-refractivity contribution in [2.45, 2.75) is 56.5 Å². The van der Waals surface area contributed by atoms with Crippen LogP contribution in [0.5, 0.6) is 0 Å². The number of carboxylic acids is 1. The fourth-order valence-electron chi connectivity index (χ4n) is 4.30. The quantitative estimate of drug-likeness (QED) is 0.547. The van der Waals surface area contributed by atoms with Gasteiger partial charge in [-0.25, -0.2) is 0 Å². The highest BCUT2D eigenvalue weighted by atomic mass is 32.2. The molecule has 2 heterocycles. The van der Waals surface area contributed by atoms with Crippen LogP contribution in [0.4, 0.5) is 0 Å². The summed E-state index contributed by atoms with van der Waals surface area (Å²) in [4.78, 5) is 10.5. The van der Waals surface area contributed by atoms with Gasteiger partial charge in [-0.1, -0.05) is 30.3 Å². The molecule has 1 aromatic carbocycles. The molecule has 1 aromatic rings. The highest BCUT2D eigenvalue weighted by molar-refractivity contribution is 7.98. The average molecular weight is 379 g/mol. The molecule has 4 nitrogen and oxygen atoms in total. The van der Waals surface area contributed by atoms with Crippen molar-refractivity contribution in [2.24, 2.45) is 11.8 Å². The van der Waals surface area contributed by atoms with Crippen LogP contribution in [-0.4, -0.2) is 42.3 Å². The zero-order valence-electron chi connectivity index (χ0n) is 15.3. The molecular formula is C21H30O4S. The summed E-state index contributed by atoms with van der Waals surface area (Å²) in [6.07, 6.45) is 6.35. The number of rotatable bonds is 12. The Morgan fingerprint density at radius 3 is 2.58 bits per heavy atom. The van der Waals surface area contributed by atoms with Crippen LogP contribution in [0.15, 0.2) is 30.3 Å². The standard InChI is InChI=1S/C21H30O4S/c22-21(23)7-4-12-24-13-10-17-18(20-9-8-19(17)25-20)11-14-26-15-16-5-2-1-3-6-16/h1-3,5-6,17-20H,4,7-15H2,(H,22,23). The van der Waals surface area contributed by atoms with Gasteiger partial charge in [-0.05, 0) is 55.3 Å². The minimum absolute atomic E-state index is 0.193. The zero-order chi connectivity index (χ0) is 18.2. The minimum Gasteiger partial charge on any atom is -0.481 e. The average Bonchev–Trinajstić information content (AvgIpc) is 3.24. The number of ether oxygens (including phenoxy) is 2. The van der Waals surface area contributed by atoms with Gasteiger partial charge in [-0.15, -0.1) is 0 Å². The fourth-order valence-corrected chi connectivity index (χ4v) is 5.31. The van der Waals surface area contributed by atoms with Crippen molar-refractivity contribution >= 4 is 17.7 Å². The van der Waals surface area contributed by atoms with Crippen LogP contribution in [0.2, 0.25) is 0 Å². The number of benzene rings is 1. The maximum absolute atomic E-state index is 10.5. The lowest BCUT2D eigenvalue weighted by molar-refractivity contribution is -0.137. The van der Waals surface area contributed by atoms with E-state index in [9.17, 15) is 4.79 Å². The van der Waals surface area contributed by atoms with E-state index in [4.69, 9.17) is 14.6 Å². The van der Waals surface area contributed by atoms with E-state index in [1.807, 2.05) is 11.8 Å². The van der Waals surface area contributed by atoms with Crippen LogP contribution in [0.1, 0.15) is 44.1 Å². The molecule has 4 unspecified atom stereocenters. The summed E-state index contributed by atoms with van der Waals surface area (Å²) >= 11 is 2.02. The molecule has 144 valence electrons. The largest absolute Gasteiger partial charge is 0.481 e. The van der Waals surface area contributed by atoms with Gasteiger partial charge >= 0.3 is 5.97 Å². The molecule has 2 saturated heterocycles. The van der Waals surface area contributed by atoms with E-state index in [2.05, 4.69) is 30.3 Å². The first-order chi connectivity index (χ1) is 12.7. The molecule has 5 heteroatoms. The minimum atomic E-state index is -0.747. The lowest BCUT2D eigenvalue weighted by atomic mass is 9.76. The number of carboxylic acid groups (broad SMARTS) is 1. The van der Waals surface area contributed by atoms with Crippen molar-refractivity contribution < 1.29 is 19.4 Å². The van der Waals surface area contributed by atoms with Crippen molar-refractivity contribution in [3.8, 4) is 0 Å². The van der Waals surface area contributed by atoms with Crippen LogP contribution < -0.4 is 0 Å². The Labute approximate surface area is 160 Å². The Balaban J connectivity index is 1.34. The normalized spacial score (nSPS) is 27.1. The monoisotopic (exact) mass is 378 g/mol. The summed E-state index contributed by atoms with van der Waals surface area (Å²) < 4.78 is 11.8. The fraction of sp³-hybridized carbons (Fsp3) is 0.667. The van der Waals surface area contributed by atoms with E-state index in [-0.39, 0.29) is 6.42 Å². The molecule has 2 aliphatic rings. The number of aliphatic carboxylic acids is 1. The Morgan fingerprint density at radius 2 is 1.85 bits per heavy atom. The summed E-state index contributed by atoms with van der Waals surface area (Å²) in [7, 11) is 0. The highest BCUT2D eigenvalue weighted by Crippen LogP contribution is 2.46. The molecule has 3 rings (SSSR count). The van der Waals surface area contributed by atoms with Gasteiger partial charge in [0.25, 0.3) is 0 Å². The van der Waals surface area contributed by atoms with Gasteiger partial charge in [-0.2, -0.15) is 11.8 Å². The molecule has 26 heavy (non-hydrogen) atoms. The van der Waals surface area contributed by atoms with Gasteiger partial charge in [0, 0.05) is 25.4 Å². The molecule has 0 radical (unpaired) electrons. The van der Waals surface area contributed by atoms with Crippen molar-refractivity contribution in [3.63, 3.8) is 0 Å². The Kier molecular flexibility index (Phi) is 7.84. The Morgan fingerprint density at radius 1 is 1.12 bits per heavy atom. The van der Waals surface area contributed by atoms with Crippen LogP contribution in [-0.2, 0) is 20.0 Å². The topological polar surface area (TPSA) is 55.8 Å². The summed E-state index contributed by atoms with van der Waals surface area (Å²) in [5.74, 6) is 2.80. The maximum atomic E-state index is 10.5. The smallest absolute Gasteiger partial charge is 0.303 e. The van der Waals surface area contributed by atoms with E-state index in [1.54, 1.807) is 0 Å². The van der Waals surface area contributed by atoms with Crippen molar-refractivity contribution in [1.29, 1.82) is 0 Å². The van der Waals surface area contributed by atoms with Crippen LogP contribution >= 0.6 is 11.8 Å². The Bertz CT molecular complexity index is 550. The van der Waals surface area contributed by atoms with Gasteiger partial charge in [0.05, 0.1) is 12.2 Å². The number of thioether (sulfide) groups is 1. The molecular weight excluding hydrogens is 348 g/mol. The van der Waals surface area contributed by atoms with Crippen molar-refractivity contribution in [2.75, 3.05) is 19.0 Å². The van der Waals surface area contributed by atoms with E-state index >= 15 is 0 Å². The molecule has 0 amide bonds. The van der Waals surface area contributed by atoms with Crippen LogP contribution in [0.3, 0.4) is 0 Å². The molecule has 2 fully saturated rings. The molecule has 2 aliphatic heterocycles. The van der Waals surface area contributed by atoms with Crippen molar-refractivity contribution in [1.82, 2.24) is 0 Å². The number of hydrogen-bond acceptors (Lipinski definition) is 4. The maximum Gasteiger partial charge on any atom is 0.303 e. The first kappa shape index (κ1) is 19.7. The number of hydrogen-bond donors (Lipinski definition) is 1. The van der Waals surface area contributed by atoms with Gasteiger partial charge in [0.15, 0.2) is 0 Å². The molecule has 2 bridgehead atoms. The second-order valence-corrected chi connectivity index (χ2v) is 8.45. The summed E-state index contributed by atoms with van der Waals surface area (Å²) in [6.45, 7) is 1.27. The first-order valence-electron chi connectivity index (χ1n) is 9.80. The van der Waals surface area contributed by atoms with Gasteiger partial charge in [0.2, 0.25) is 0 Å². The molecule has 0 aliphatic carbocycles. The zero-order valence-corrected chi connectivity index (χ0v) is 16.2. The van der Waals surface area contributed by atoms with E-state index in [0.29, 0.717) is 37.1 Å². The van der Waals surface area contributed by atoms with Crippen LogP contribution in [0, 0.1) is 11.8 Å². The molecule has 0 spiro atoms. The predicted octanol–water partition coefficient (Wildman–Crippen LogP) is 4.38. The lowest BCUT2D eigenvalue weighted by Crippen LogP contribution is -2.28. The predicted molar refractivity (Wildman–Crippen MR) is 104 cm³/mol. The number of carbonyl (C=O) groups is 1. The van der Waals surface area contributed by atoms with E-state index in [1.165, 1.54) is 30.6 Å². The van der Waals surface area contributed by atoms with Gasteiger partial charge in [0.1, 0.15) is 0 Å². The second kappa shape index (κ2) is 10.3. The molecule has 0 saturated carbocycles. The molecule has 1 N–H and O–H groups in total. The third kappa shape index (κ3) is 5.73. The summed E-state index contributed by atoms with van der Waals surface area (Å²) in [6, 6.07) is 10.7. The lowest BCUT2D eigenvalue weighted by Gasteiger charge is -2.28. The van der Waals surface area contributed by atoms with Crippen LogP contribution in [0.25, 0.3) is 0 Å². The molecule has 0 aromatic heterocycles. The van der Waals surface area contributed by atoms with Gasteiger partial charge in [-0.3, -0.25) is 4.79 Å². The second-order valence-electron chi connectivity index (χ2n) is 7.34. The van der Waals surface area contributed by atoms with E-state index in [0.717, 1.165) is 18.8 Å². The summed E-state index contributed by atoms with van der Waals surface area (Å²) in [5, 5.41) is 8.65. The van der Waals surface area contributed by atoms with Crippen molar-refractivity contribution in [3.05, 3.63) is 35.9 Å². The Hall–Kier alpha value is -1.04. The number of fused-ring (bicyclic) bond motifs is 2. The molecule has 4 atom stereocenters. The highest BCUT2D eigenvalue weighted by Gasteiger charge is 2.47. The van der Waals surface area contributed by atoms with Gasteiger partial charge < -0.3 is 14.6 Å². The SMILES string of the molecule is O=C(O)CCCOCCC1C2CCC(O2)C1CCSCc1ccccc1. The third-order valence-corrected chi connectivity index (χ3v) is 6.63. The van der Waals surface area contributed by atoms with E-state index < -0.39 is 5.97 Å².